The second kappa shape index (κ2) is 13.0. The van der Waals surface area contributed by atoms with Gasteiger partial charge in [0.15, 0.2) is 12.0 Å². The molecular formula is C32H30ClF4N7O2. The Hall–Kier alpha value is -4.09. The molecule has 9 nitrogen and oxygen atoms in total. The molecule has 0 amide bonds. The minimum Gasteiger partial charge on any atom is -0.463 e. The summed E-state index contributed by atoms with van der Waals surface area (Å²) in [6.45, 7) is 4.31. The summed E-state index contributed by atoms with van der Waals surface area (Å²) in [5.41, 5.74) is -0.0214. The third-order valence-electron chi connectivity index (χ3n) is 8.55. The number of aliphatic hydroxyl groups excluding tert-OH is 1. The zero-order valence-electron chi connectivity index (χ0n) is 24.8. The highest BCUT2D eigenvalue weighted by Gasteiger charge is 2.35. The molecule has 240 valence electrons. The number of pyridine rings is 1. The smallest absolute Gasteiger partial charge is 0.319 e. The van der Waals surface area contributed by atoms with Crippen LogP contribution in [0.3, 0.4) is 0 Å². The van der Waals surface area contributed by atoms with Gasteiger partial charge in [-0.25, -0.2) is 17.6 Å². The number of fused-ring (bicyclic) bond motifs is 2. The number of hydrogen-bond donors (Lipinski definition) is 1. The van der Waals surface area contributed by atoms with Gasteiger partial charge in [-0.3, -0.25) is 9.88 Å². The lowest BCUT2D eigenvalue weighted by Crippen LogP contribution is -2.57. The molecule has 46 heavy (non-hydrogen) atoms. The first-order valence-corrected chi connectivity index (χ1v) is 15.0. The van der Waals surface area contributed by atoms with Crippen LogP contribution in [0.1, 0.15) is 6.42 Å². The average molecular weight is 656 g/mol. The molecule has 2 aliphatic heterocycles. The van der Waals surface area contributed by atoms with Crippen molar-refractivity contribution in [3.8, 4) is 23.3 Å². The van der Waals surface area contributed by atoms with E-state index in [1.54, 1.807) is 30.1 Å². The van der Waals surface area contributed by atoms with Gasteiger partial charge in [0.2, 0.25) is 0 Å². The molecule has 1 unspecified atom stereocenters. The van der Waals surface area contributed by atoms with Crippen molar-refractivity contribution in [1.82, 2.24) is 24.8 Å². The van der Waals surface area contributed by atoms with E-state index in [4.69, 9.17) is 16.3 Å². The number of nitriles is 1. The van der Waals surface area contributed by atoms with Gasteiger partial charge in [0, 0.05) is 61.8 Å². The molecule has 0 spiro atoms. The maximum Gasteiger partial charge on any atom is 0.319 e. The molecule has 0 bridgehead atoms. The Balaban J connectivity index is 1.46. The molecule has 1 N–H and O–H groups in total. The summed E-state index contributed by atoms with van der Waals surface area (Å²) >= 11 is 6.34. The second-order valence-electron chi connectivity index (χ2n) is 11.6. The van der Waals surface area contributed by atoms with Gasteiger partial charge in [0.1, 0.15) is 34.8 Å². The maximum atomic E-state index is 16.6. The van der Waals surface area contributed by atoms with Crippen LogP contribution in [0.4, 0.5) is 23.4 Å². The van der Waals surface area contributed by atoms with Crippen LogP contribution in [0.25, 0.3) is 32.9 Å². The SMILES string of the molecule is C=C(F)C(O)N1CCN(c2nc(OC[C@H]3CN(C)C[C@H]3F)nc3c(F)c(-c4cccc5ccc(F)c(Cl)c45)ncc23)C[C@@H]1CC#N. The van der Waals surface area contributed by atoms with Crippen molar-refractivity contribution in [3.63, 3.8) is 0 Å². The summed E-state index contributed by atoms with van der Waals surface area (Å²) in [7, 11) is 1.80. The number of aromatic nitrogens is 3. The van der Waals surface area contributed by atoms with Crippen molar-refractivity contribution >= 4 is 39.1 Å². The quantitative estimate of drug-likeness (QED) is 0.255. The number of alkyl halides is 1. The highest BCUT2D eigenvalue weighted by Crippen LogP contribution is 2.38. The van der Waals surface area contributed by atoms with Gasteiger partial charge in [0.25, 0.3) is 0 Å². The number of piperazine rings is 1. The van der Waals surface area contributed by atoms with Gasteiger partial charge in [-0.2, -0.15) is 15.2 Å². The van der Waals surface area contributed by atoms with E-state index in [0.717, 1.165) is 0 Å². The third-order valence-corrected chi connectivity index (χ3v) is 8.92. The first-order valence-electron chi connectivity index (χ1n) is 14.7. The van der Waals surface area contributed by atoms with E-state index < -0.39 is 41.8 Å². The van der Waals surface area contributed by atoms with Gasteiger partial charge in [-0.05, 0) is 18.5 Å². The van der Waals surface area contributed by atoms with Crippen molar-refractivity contribution in [2.75, 3.05) is 51.3 Å². The molecular weight excluding hydrogens is 626 g/mol. The molecule has 4 aromatic rings. The summed E-state index contributed by atoms with van der Waals surface area (Å²) in [5, 5.41) is 20.7. The highest BCUT2D eigenvalue weighted by molar-refractivity contribution is 6.36. The Morgan fingerprint density at radius 3 is 2.72 bits per heavy atom. The molecule has 0 radical (unpaired) electrons. The molecule has 4 heterocycles. The fourth-order valence-electron chi connectivity index (χ4n) is 6.25. The lowest BCUT2D eigenvalue weighted by atomic mass is 10.0. The summed E-state index contributed by atoms with van der Waals surface area (Å²) in [6.07, 6.45) is -1.37. The monoisotopic (exact) mass is 655 g/mol. The van der Waals surface area contributed by atoms with Crippen molar-refractivity contribution < 1.29 is 27.4 Å². The highest BCUT2D eigenvalue weighted by atomic mass is 35.5. The van der Waals surface area contributed by atoms with Crippen LogP contribution < -0.4 is 9.64 Å². The first kappa shape index (κ1) is 31.9. The molecule has 14 heteroatoms. The van der Waals surface area contributed by atoms with Crippen molar-refractivity contribution in [3.05, 3.63) is 65.6 Å². The van der Waals surface area contributed by atoms with Crippen molar-refractivity contribution in [2.24, 2.45) is 5.92 Å². The molecule has 2 aromatic heterocycles. The van der Waals surface area contributed by atoms with E-state index in [-0.39, 0.29) is 83.6 Å². The fourth-order valence-corrected chi connectivity index (χ4v) is 6.52. The molecule has 0 aliphatic carbocycles. The van der Waals surface area contributed by atoms with Crippen LogP contribution in [-0.4, -0.2) is 94.7 Å². The summed E-state index contributed by atoms with van der Waals surface area (Å²) < 4.78 is 65.4. The largest absolute Gasteiger partial charge is 0.463 e. The lowest BCUT2D eigenvalue weighted by Gasteiger charge is -2.42. The van der Waals surface area contributed by atoms with Crippen LogP contribution in [0, 0.1) is 28.9 Å². The maximum absolute atomic E-state index is 16.6. The van der Waals surface area contributed by atoms with Gasteiger partial charge < -0.3 is 19.6 Å². The zero-order valence-corrected chi connectivity index (χ0v) is 25.6. The summed E-state index contributed by atoms with van der Waals surface area (Å²) in [5.74, 6) is -2.66. The number of anilines is 1. The molecule has 2 saturated heterocycles. The summed E-state index contributed by atoms with van der Waals surface area (Å²) in [6, 6.07) is 8.99. The average Bonchev–Trinajstić information content (AvgIpc) is 3.37. The third kappa shape index (κ3) is 5.93. The molecule has 6 rings (SSSR count). The van der Waals surface area contributed by atoms with Crippen LogP contribution in [0.2, 0.25) is 5.02 Å². The van der Waals surface area contributed by atoms with Crippen molar-refractivity contribution in [2.45, 2.75) is 24.9 Å². The molecule has 2 aromatic carbocycles. The predicted octanol–water partition coefficient (Wildman–Crippen LogP) is 5.26. The number of ether oxygens (including phenoxy) is 1. The second-order valence-corrected chi connectivity index (χ2v) is 12.0. The molecule has 2 fully saturated rings. The van der Waals surface area contributed by atoms with E-state index in [0.29, 0.717) is 11.9 Å². The minimum atomic E-state index is -1.60. The molecule has 2 aliphatic rings. The van der Waals surface area contributed by atoms with Gasteiger partial charge in [-0.1, -0.05) is 42.4 Å². The fraction of sp³-hybridized carbons (Fsp3) is 0.375. The number of hydrogen-bond acceptors (Lipinski definition) is 9. The first-order chi connectivity index (χ1) is 22.1. The van der Waals surface area contributed by atoms with Crippen molar-refractivity contribution in [1.29, 1.82) is 5.26 Å². The normalized spacial score (nSPS) is 21.5. The predicted molar refractivity (Wildman–Crippen MR) is 166 cm³/mol. The van der Waals surface area contributed by atoms with E-state index in [9.17, 15) is 23.5 Å². The Morgan fingerprint density at radius 2 is 2.00 bits per heavy atom. The number of nitrogens with zero attached hydrogens (tertiary/aromatic N) is 7. The number of likely N-dealkylation sites (tertiary alicyclic amines) is 1. The standard InChI is InChI=1S/C32H30ClF4N7O2/c1-17(34)31(45)44-11-10-43(14-20(44)8-9-38)30-22-12-39-28(21-5-3-4-18-6-7-23(35)26(33)25(18)21)27(37)29(22)40-32(41-30)46-16-19-13-42(2)15-24(19)36/h3-7,12,19-20,24,31,45H,1,8,10-11,13-16H2,2H3/t19-,20+,24-,31?/m1/s1. The molecule has 4 atom stereocenters. The van der Waals surface area contributed by atoms with Crippen LogP contribution in [-0.2, 0) is 0 Å². The van der Waals surface area contributed by atoms with Gasteiger partial charge >= 0.3 is 6.01 Å². The molecule has 0 saturated carbocycles. The minimum absolute atomic E-state index is 0.0462. The topological polar surface area (TPSA) is 102 Å². The Kier molecular flexibility index (Phi) is 8.98. The number of benzene rings is 2. The van der Waals surface area contributed by atoms with E-state index in [1.807, 2.05) is 4.90 Å². The van der Waals surface area contributed by atoms with Crippen LogP contribution >= 0.6 is 11.6 Å². The zero-order chi connectivity index (χ0) is 32.7. The Labute approximate surface area is 267 Å². The number of rotatable bonds is 8. The number of aliphatic hydroxyl groups is 1. The van der Waals surface area contributed by atoms with E-state index in [2.05, 4.69) is 27.6 Å². The van der Waals surface area contributed by atoms with Crippen LogP contribution in [0.15, 0.2) is 48.9 Å². The van der Waals surface area contributed by atoms with Crippen LogP contribution in [0.5, 0.6) is 6.01 Å². The van der Waals surface area contributed by atoms with E-state index >= 15 is 4.39 Å². The van der Waals surface area contributed by atoms with Gasteiger partial charge in [-0.15, -0.1) is 0 Å². The van der Waals surface area contributed by atoms with Gasteiger partial charge in [0.05, 0.1) is 29.5 Å². The Bertz CT molecular complexity index is 1860. The Morgan fingerprint density at radius 1 is 1.20 bits per heavy atom. The lowest BCUT2D eigenvalue weighted by molar-refractivity contribution is -0.0167. The van der Waals surface area contributed by atoms with E-state index in [1.165, 1.54) is 23.2 Å². The number of halogens is 5. The summed E-state index contributed by atoms with van der Waals surface area (Å²) in [4.78, 5) is 18.4.